The lowest BCUT2D eigenvalue weighted by molar-refractivity contribution is -0.137. The minimum Gasteiger partial charge on any atom is -0.331 e. The largest absolute Gasteiger partial charge is 0.331 e. The minimum absolute atomic E-state index is 0.0557. The molecule has 0 fully saturated rings. The van der Waals surface area contributed by atoms with E-state index in [9.17, 15) is 14.4 Å². The SMILES string of the molecule is CC1=CCN(Cc2cccc(CN3C(=O)C=C(C)C3=O)c2)C1=O. The van der Waals surface area contributed by atoms with Crippen LogP contribution >= 0.6 is 0 Å². The first-order valence-corrected chi connectivity index (χ1v) is 7.53. The zero-order valence-corrected chi connectivity index (χ0v) is 13.2. The lowest BCUT2D eigenvalue weighted by Gasteiger charge is -2.18. The summed E-state index contributed by atoms with van der Waals surface area (Å²) in [6, 6.07) is 7.65. The Kier molecular flexibility index (Phi) is 3.86. The average molecular weight is 310 g/mol. The highest BCUT2D eigenvalue weighted by Gasteiger charge is 2.28. The van der Waals surface area contributed by atoms with Crippen LogP contribution in [0.3, 0.4) is 0 Å². The number of carbonyl (C=O) groups is 3. The third-order valence-corrected chi connectivity index (χ3v) is 4.14. The van der Waals surface area contributed by atoms with Crippen LogP contribution in [0.5, 0.6) is 0 Å². The summed E-state index contributed by atoms with van der Waals surface area (Å²) >= 11 is 0. The van der Waals surface area contributed by atoms with Crippen molar-refractivity contribution in [3.63, 3.8) is 0 Å². The summed E-state index contributed by atoms with van der Waals surface area (Å²) in [5, 5.41) is 0. The third-order valence-electron chi connectivity index (χ3n) is 4.14. The molecule has 0 bridgehead atoms. The Bertz CT molecular complexity index is 761. The van der Waals surface area contributed by atoms with Gasteiger partial charge in [0.1, 0.15) is 0 Å². The van der Waals surface area contributed by atoms with E-state index in [-0.39, 0.29) is 24.3 Å². The van der Waals surface area contributed by atoms with Gasteiger partial charge in [-0.25, -0.2) is 0 Å². The van der Waals surface area contributed by atoms with Crippen LogP contribution in [-0.2, 0) is 27.5 Å². The number of rotatable bonds is 4. The fourth-order valence-electron chi connectivity index (χ4n) is 2.82. The van der Waals surface area contributed by atoms with Gasteiger partial charge in [-0.05, 0) is 25.0 Å². The predicted molar refractivity (Wildman–Crippen MR) is 84.9 cm³/mol. The molecular formula is C18H18N2O3. The average Bonchev–Trinajstić information content (AvgIpc) is 2.95. The Hall–Kier alpha value is -2.69. The van der Waals surface area contributed by atoms with Crippen LogP contribution in [0.15, 0.2) is 47.6 Å². The summed E-state index contributed by atoms with van der Waals surface area (Å²) < 4.78 is 0. The molecule has 118 valence electrons. The number of carbonyl (C=O) groups excluding carboxylic acids is 3. The Morgan fingerprint density at radius 3 is 2.22 bits per heavy atom. The van der Waals surface area contributed by atoms with Gasteiger partial charge in [0, 0.05) is 30.3 Å². The molecule has 5 heteroatoms. The molecule has 0 atom stereocenters. The second-order valence-electron chi connectivity index (χ2n) is 5.95. The Labute approximate surface area is 134 Å². The number of hydrogen-bond donors (Lipinski definition) is 0. The zero-order valence-electron chi connectivity index (χ0n) is 13.2. The molecule has 0 saturated heterocycles. The molecule has 3 rings (SSSR count). The van der Waals surface area contributed by atoms with Gasteiger partial charge in [0.05, 0.1) is 6.54 Å². The molecular weight excluding hydrogens is 292 g/mol. The highest BCUT2D eigenvalue weighted by molar-refractivity contribution is 6.15. The molecule has 2 heterocycles. The maximum absolute atomic E-state index is 11.9. The van der Waals surface area contributed by atoms with Crippen molar-refractivity contribution in [1.29, 1.82) is 0 Å². The monoisotopic (exact) mass is 310 g/mol. The van der Waals surface area contributed by atoms with E-state index in [4.69, 9.17) is 0 Å². The van der Waals surface area contributed by atoms with E-state index in [1.54, 1.807) is 11.8 Å². The number of amides is 3. The molecule has 23 heavy (non-hydrogen) atoms. The Morgan fingerprint density at radius 1 is 0.957 bits per heavy atom. The molecule has 3 amide bonds. The molecule has 0 spiro atoms. The molecule has 0 saturated carbocycles. The topological polar surface area (TPSA) is 57.7 Å². The lowest BCUT2D eigenvalue weighted by atomic mass is 10.1. The first kappa shape index (κ1) is 15.2. The van der Waals surface area contributed by atoms with Crippen LogP contribution in [0, 0.1) is 0 Å². The molecule has 0 unspecified atom stereocenters. The van der Waals surface area contributed by atoms with Gasteiger partial charge in [0.2, 0.25) is 5.91 Å². The van der Waals surface area contributed by atoms with Crippen molar-refractivity contribution in [3.8, 4) is 0 Å². The van der Waals surface area contributed by atoms with Gasteiger partial charge >= 0.3 is 0 Å². The van der Waals surface area contributed by atoms with Crippen LogP contribution in [-0.4, -0.2) is 34.1 Å². The smallest absolute Gasteiger partial charge is 0.256 e. The summed E-state index contributed by atoms with van der Waals surface area (Å²) in [7, 11) is 0. The second kappa shape index (κ2) is 5.83. The molecule has 0 aromatic heterocycles. The molecule has 0 N–H and O–H groups in total. The summed E-state index contributed by atoms with van der Waals surface area (Å²) in [6.07, 6.45) is 3.28. The highest BCUT2D eigenvalue weighted by atomic mass is 16.2. The molecule has 2 aliphatic heterocycles. The van der Waals surface area contributed by atoms with E-state index >= 15 is 0 Å². The highest BCUT2D eigenvalue weighted by Crippen LogP contribution is 2.18. The first-order valence-electron chi connectivity index (χ1n) is 7.53. The van der Waals surface area contributed by atoms with Crippen molar-refractivity contribution in [2.45, 2.75) is 26.9 Å². The summed E-state index contributed by atoms with van der Waals surface area (Å²) in [5.74, 6) is -0.456. The van der Waals surface area contributed by atoms with Gasteiger partial charge in [-0.1, -0.05) is 30.3 Å². The van der Waals surface area contributed by atoms with E-state index in [1.807, 2.05) is 37.3 Å². The van der Waals surface area contributed by atoms with Crippen LogP contribution < -0.4 is 0 Å². The molecule has 1 aromatic carbocycles. The summed E-state index contributed by atoms with van der Waals surface area (Å²) in [6.45, 7) is 4.87. The molecule has 0 radical (unpaired) electrons. The van der Waals surface area contributed by atoms with Crippen LogP contribution in [0.2, 0.25) is 0 Å². The van der Waals surface area contributed by atoms with Crippen molar-refractivity contribution >= 4 is 17.7 Å². The Morgan fingerprint density at radius 2 is 1.65 bits per heavy atom. The van der Waals surface area contributed by atoms with Crippen molar-refractivity contribution in [2.24, 2.45) is 0 Å². The van der Waals surface area contributed by atoms with Gasteiger partial charge in [-0.2, -0.15) is 0 Å². The fourth-order valence-corrected chi connectivity index (χ4v) is 2.82. The second-order valence-corrected chi connectivity index (χ2v) is 5.95. The first-order chi connectivity index (χ1) is 11.0. The van der Waals surface area contributed by atoms with Gasteiger partial charge in [0.15, 0.2) is 0 Å². The molecule has 0 aliphatic carbocycles. The molecule has 5 nitrogen and oxygen atoms in total. The number of imide groups is 1. The Balaban J connectivity index is 1.70. The molecule has 1 aromatic rings. The normalized spacial score (nSPS) is 17.9. The maximum Gasteiger partial charge on any atom is 0.256 e. The fraction of sp³-hybridized carbons (Fsp3) is 0.278. The van der Waals surface area contributed by atoms with E-state index in [1.165, 1.54) is 11.0 Å². The number of hydrogen-bond acceptors (Lipinski definition) is 3. The quantitative estimate of drug-likeness (QED) is 0.797. The zero-order chi connectivity index (χ0) is 16.6. The summed E-state index contributed by atoms with van der Waals surface area (Å²) in [5.41, 5.74) is 3.11. The van der Waals surface area contributed by atoms with Gasteiger partial charge in [-0.15, -0.1) is 0 Å². The van der Waals surface area contributed by atoms with Crippen molar-refractivity contribution in [1.82, 2.24) is 9.80 Å². The number of nitrogens with zero attached hydrogens (tertiary/aromatic N) is 2. The number of benzene rings is 1. The lowest BCUT2D eigenvalue weighted by Crippen LogP contribution is -2.30. The molecule has 2 aliphatic rings. The minimum atomic E-state index is -0.271. The van der Waals surface area contributed by atoms with E-state index in [2.05, 4.69) is 0 Å². The van der Waals surface area contributed by atoms with Crippen molar-refractivity contribution in [3.05, 3.63) is 58.7 Å². The van der Waals surface area contributed by atoms with Crippen LogP contribution in [0.4, 0.5) is 0 Å². The van der Waals surface area contributed by atoms with Gasteiger partial charge in [0.25, 0.3) is 11.8 Å². The van der Waals surface area contributed by atoms with Crippen molar-refractivity contribution in [2.75, 3.05) is 6.54 Å². The summed E-state index contributed by atoms with van der Waals surface area (Å²) in [4.78, 5) is 38.7. The van der Waals surface area contributed by atoms with Crippen LogP contribution in [0.1, 0.15) is 25.0 Å². The van der Waals surface area contributed by atoms with E-state index in [0.717, 1.165) is 16.7 Å². The van der Waals surface area contributed by atoms with Gasteiger partial charge < -0.3 is 4.90 Å². The van der Waals surface area contributed by atoms with Gasteiger partial charge in [-0.3, -0.25) is 19.3 Å². The standard InChI is InChI=1S/C18H18N2O3/c1-12-6-7-19(17(12)22)10-14-4-3-5-15(9-14)11-20-16(21)8-13(2)18(20)23/h3-6,8-9H,7,10-11H2,1-2H3. The van der Waals surface area contributed by atoms with Crippen molar-refractivity contribution < 1.29 is 14.4 Å². The predicted octanol–water partition coefficient (Wildman–Crippen LogP) is 1.79. The van der Waals surface area contributed by atoms with E-state index in [0.29, 0.717) is 18.7 Å². The van der Waals surface area contributed by atoms with E-state index < -0.39 is 0 Å². The third kappa shape index (κ3) is 2.95. The maximum atomic E-state index is 11.9. The van der Waals surface area contributed by atoms with Crippen LogP contribution in [0.25, 0.3) is 0 Å².